The summed E-state index contributed by atoms with van der Waals surface area (Å²) in [7, 11) is 0. The summed E-state index contributed by atoms with van der Waals surface area (Å²) in [6, 6.07) is 13.0. The Bertz CT molecular complexity index is 1150. The van der Waals surface area contributed by atoms with Gasteiger partial charge >= 0.3 is 0 Å². The minimum absolute atomic E-state index is 0.134. The molecule has 130 valence electrons. The largest absolute Gasteiger partial charge is 0.360 e. The van der Waals surface area contributed by atoms with Crippen LogP contribution in [0.25, 0.3) is 16.7 Å². The summed E-state index contributed by atoms with van der Waals surface area (Å²) in [5.74, 6) is 1.82. The molecule has 0 radical (unpaired) electrons. The Hall–Kier alpha value is -2.93. The quantitative estimate of drug-likeness (QED) is 0.406. The monoisotopic (exact) mass is 364 g/mol. The Kier molecular flexibility index (Phi) is 4.30. The smallest absolute Gasteiger partial charge is 0.267 e. The van der Waals surface area contributed by atoms with Crippen LogP contribution in [-0.4, -0.2) is 19.7 Å². The molecule has 3 aromatic heterocycles. The molecule has 3 heterocycles. The molecule has 0 atom stereocenters. The molecule has 6 nitrogen and oxygen atoms in total. The van der Waals surface area contributed by atoms with Gasteiger partial charge in [-0.15, -0.1) is 0 Å². The van der Waals surface area contributed by atoms with E-state index in [1.807, 2.05) is 50.2 Å². The van der Waals surface area contributed by atoms with E-state index in [1.54, 1.807) is 16.8 Å². The summed E-state index contributed by atoms with van der Waals surface area (Å²) in [4.78, 5) is 22.2. The van der Waals surface area contributed by atoms with Gasteiger partial charge in [0.1, 0.15) is 11.6 Å². The topological polar surface area (TPSA) is 73.8 Å². The molecule has 0 amide bonds. The second-order valence-electron chi connectivity index (χ2n) is 5.97. The number of para-hydroxylation sites is 1. The molecule has 0 bridgehead atoms. The van der Waals surface area contributed by atoms with Crippen molar-refractivity contribution in [1.29, 1.82) is 0 Å². The van der Waals surface area contributed by atoms with Gasteiger partial charge in [-0.2, -0.15) is 0 Å². The van der Waals surface area contributed by atoms with Crippen LogP contribution < -0.4 is 5.56 Å². The normalized spacial score (nSPS) is 11.2. The van der Waals surface area contributed by atoms with Crippen molar-refractivity contribution in [2.45, 2.75) is 24.8 Å². The second kappa shape index (κ2) is 6.76. The predicted molar refractivity (Wildman–Crippen MR) is 101 cm³/mol. The van der Waals surface area contributed by atoms with Gasteiger partial charge in [-0.05, 0) is 43.7 Å². The number of rotatable bonds is 4. The van der Waals surface area contributed by atoms with Gasteiger partial charge in [-0.25, -0.2) is 14.5 Å². The van der Waals surface area contributed by atoms with Crippen molar-refractivity contribution in [1.82, 2.24) is 19.7 Å². The molecule has 0 aliphatic rings. The van der Waals surface area contributed by atoms with Gasteiger partial charge in [0.25, 0.3) is 5.56 Å². The minimum atomic E-state index is -0.134. The van der Waals surface area contributed by atoms with Crippen molar-refractivity contribution in [2.24, 2.45) is 0 Å². The van der Waals surface area contributed by atoms with Gasteiger partial charge in [0.15, 0.2) is 5.16 Å². The maximum atomic E-state index is 13.1. The van der Waals surface area contributed by atoms with Crippen molar-refractivity contribution in [3.8, 4) is 5.82 Å². The lowest BCUT2D eigenvalue weighted by molar-refractivity contribution is 0.391. The number of aryl methyl sites for hydroxylation is 2. The zero-order valence-corrected chi connectivity index (χ0v) is 15.2. The van der Waals surface area contributed by atoms with E-state index in [2.05, 4.69) is 15.1 Å². The van der Waals surface area contributed by atoms with Gasteiger partial charge in [-0.1, -0.05) is 29.1 Å². The highest BCUT2D eigenvalue weighted by Gasteiger charge is 2.15. The second-order valence-corrected chi connectivity index (χ2v) is 6.91. The molecular formula is C19H16N4O2S. The Morgan fingerprint density at radius 2 is 2.00 bits per heavy atom. The van der Waals surface area contributed by atoms with E-state index in [9.17, 15) is 4.79 Å². The van der Waals surface area contributed by atoms with E-state index in [0.29, 0.717) is 27.6 Å². The van der Waals surface area contributed by atoms with E-state index in [1.165, 1.54) is 11.8 Å². The summed E-state index contributed by atoms with van der Waals surface area (Å²) < 4.78 is 6.83. The molecule has 0 aliphatic heterocycles. The number of hydrogen-bond acceptors (Lipinski definition) is 6. The fourth-order valence-electron chi connectivity index (χ4n) is 2.67. The summed E-state index contributed by atoms with van der Waals surface area (Å²) in [5, 5.41) is 5.03. The number of aromatic nitrogens is 4. The average molecular weight is 364 g/mol. The number of fused-ring (bicyclic) bond motifs is 1. The molecular weight excluding hydrogens is 348 g/mol. The Balaban J connectivity index is 1.86. The molecule has 0 unspecified atom stereocenters. The van der Waals surface area contributed by atoms with Crippen LogP contribution in [0.3, 0.4) is 0 Å². The number of hydrogen-bond donors (Lipinski definition) is 0. The summed E-state index contributed by atoms with van der Waals surface area (Å²) in [5.41, 5.74) is 2.38. The number of thioether (sulfide) groups is 1. The van der Waals surface area contributed by atoms with E-state index >= 15 is 0 Å². The van der Waals surface area contributed by atoms with Gasteiger partial charge in [0, 0.05) is 12.3 Å². The lowest BCUT2D eigenvalue weighted by atomic mass is 10.2. The average Bonchev–Trinajstić information content (AvgIpc) is 3.05. The van der Waals surface area contributed by atoms with E-state index in [4.69, 9.17) is 4.52 Å². The van der Waals surface area contributed by atoms with Gasteiger partial charge in [0.2, 0.25) is 0 Å². The van der Waals surface area contributed by atoms with E-state index in [-0.39, 0.29) is 5.56 Å². The highest BCUT2D eigenvalue weighted by Crippen LogP contribution is 2.24. The molecule has 0 saturated carbocycles. The first-order valence-corrected chi connectivity index (χ1v) is 9.10. The first-order valence-electron chi connectivity index (χ1n) is 8.11. The lowest BCUT2D eigenvalue weighted by Crippen LogP contribution is -2.22. The van der Waals surface area contributed by atoms with Gasteiger partial charge < -0.3 is 4.52 Å². The highest BCUT2D eigenvalue weighted by atomic mass is 32.2. The van der Waals surface area contributed by atoms with Crippen LogP contribution in [0.1, 0.15) is 17.0 Å². The Morgan fingerprint density at radius 1 is 1.15 bits per heavy atom. The van der Waals surface area contributed by atoms with Gasteiger partial charge in [-0.3, -0.25) is 4.79 Å². The molecule has 0 aliphatic carbocycles. The fourth-order valence-corrected chi connectivity index (χ4v) is 3.55. The van der Waals surface area contributed by atoms with Crippen LogP contribution in [-0.2, 0) is 5.75 Å². The van der Waals surface area contributed by atoms with Crippen molar-refractivity contribution < 1.29 is 4.52 Å². The molecule has 4 aromatic rings. The van der Waals surface area contributed by atoms with Crippen LogP contribution >= 0.6 is 11.8 Å². The third kappa shape index (κ3) is 3.13. The molecule has 26 heavy (non-hydrogen) atoms. The standard InChI is InChI=1S/C19H16N4O2S/c1-12-7-8-20-17(9-12)23-18(24)15-5-3-4-6-16(15)21-19(23)26-11-14-10-13(2)22-25-14/h3-10H,11H2,1-2H3. The highest BCUT2D eigenvalue weighted by molar-refractivity contribution is 7.98. The van der Waals surface area contributed by atoms with Crippen LogP contribution in [0.5, 0.6) is 0 Å². The lowest BCUT2D eigenvalue weighted by Gasteiger charge is -2.12. The fraction of sp³-hybridized carbons (Fsp3) is 0.158. The third-order valence-electron chi connectivity index (χ3n) is 3.90. The Morgan fingerprint density at radius 3 is 2.77 bits per heavy atom. The maximum absolute atomic E-state index is 13.1. The first-order chi connectivity index (χ1) is 12.6. The Labute approximate surface area is 153 Å². The molecule has 1 aromatic carbocycles. The molecule has 4 rings (SSSR count). The minimum Gasteiger partial charge on any atom is -0.360 e. The zero-order chi connectivity index (χ0) is 18.1. The van der Waals surface area contributed by atoms with E-state index in [0.717, 1.165) is 17.0 Å². The first kappa shape index (κ1) is 16.5. The number of benzene rings is 1. The molecule has 0 N–H and O–H groups in total. The van der Waals surface area contributed by atoms with Crippen molar-refractivity contribution in [2.75, 3.05) is 0 Å². The summed E-state index contributed by atoms with van der Waals surface area (Å²) in [6.45, 7) is 3.84. The van der Waals surface area contributed by atoms with Crippen LogP contribution in [0.4, 0.5) is 0 Å². The molecule has 0 spiro atoms. The molecule has 0 saturated heterocycles. The number of pyridine rings is 1. The predicted octanol–water partition coefficient (Wildman–Crippen LogP) is 3.68. The summed E-state index contributed by atoms with van der Waals surface area (Å²) >= 11 is 1.42. The van der Waals surface area contributed by atoms with Crippen LogP contribution in [0.15, 0.2) is 63.1 Å². The van der Waals surface area contributed by atoms with E-state index < -0.39 is 0 Å². The van der Waals surface area contributed by atoms with Crippen molar-refractivity contribution in [3.05, 3.63) is 76.0 Å². The summed E-state index contributed by atoms with van der Waals surface area (Å²) in [6.07, 6.45) is 1.69. The van der Waals surface area contributed by atoms with Crippen LogP contribution in [0.2, 0.25) is 0 Å². The van der Waals surface area contributed by atoms with Crippen molar-refractivity contribution >= 4 is 22.7 Å². The molecule has 7 heteroatoms. The van der Waals surface area contributed by atoms with Crippen LogP contribution in [0, 0.1) is 13.8 Å². The van der Waals surface area contributed by atoms with Crippen molar-refractivity contribution in [3.63, 3.8) is 0 Å². The maximum Gasteiger partial charge on any atom is 0.267 e. The molecule has 0 fully saturated rings. The third-order valence-corrected chi connectivity index (χ3v) is 4.86. The SMILES string of the molecule is Cc1ccnc(-n2c(SCc3cc(C)no3)nc3ccccc3c2=O)c1. The zero-order valence-electron chi connectivity index (χ0n) is 14.3. The number of nitrogens with zero attached hydrogens (tertiary/aromatic N) is 4. The van der Waals surface area contributed by atoms with Gasteiger partial charge in [0.05, 0.1) is 22.3 Å².